The van der Waals surface area contributed by atoms with E-state index in [1.807, 2.05) is 53.6 Å². The van der Waals surface area contributed by atoms with E-state index in [1.165, 1.54) is 19.3 Å². The summed E-state index contributed by atoms with van der Waals surface area (Å²) in [5.74, 6) is 1.77. The van der Waals surface area contributed by atoms with Crippen LogP contribution in [0.25, 0.3) is 10.9 Å². The van der Waals surface area contributed by atoms with Gasteiger partial charge < -0.3 is 14.7 Å². The van der Waals surface area contributed by atoms with Crippen LogP contribution in [0, 0.1) is 0 Å². The maximum absolute atomic E-state index is 13.0. The molecule has 2 aromatic heterocycles. The standard InChI is InChI=1S/C23H26N6O/c30-22(20-9-8-18-6-2-3-7-19(18)25-20)28-16-14-27(15-17-28)21-10-11-24-23(26-21)29-12-4-1-5-13-29/h2-3,6-11H,1,4-5,12-17H2. The summed E-state index contributed by atoms with van der Waals surface area (Å²) in [5.41, 5.74) is 1.37. The van der Waals surface area contributed by atoms with E-state index >= 15 is 0 Å². The van der Waals surface area contributed by atoms with Gasteiger partial charge in [-0.05, 0) is 37.5 Å². The number of para-hydroxylation sites is 1. The number of carbonyl (C=O) groups excluding carboxylic acids is 1. The van der Waals surface area contributed by atoms with Crippen molar-refractivity contribution in [1.82, 2.24) is 19.9 Å². The highest BCUT2D eigenvalue weighted by molar-refractivity contribution is 5.95. The molecule has 154 valence electrons. The van der Waals surface area contributed by atoms with Crippen molar-refractivity contribution in [3.05, 3.63) is 54.4 Å². The quantitative estimate of drug-likeness (QED) is 0.671. The molecule has 7 nitrogen and oxygen atoms in total. The van der Waals surface area contributed by atoms with Crippen molar-refractivity contribution in [2.75, 3.05) is 49.1 Å². The van der Waals surface area contributed by atoms with Crippen LogP contribution in [0.1, 0.15) is 29.8 Å². The van der Waals surface area contributed by atoms with Crippen LogP contribution in [0.5, 0.6) is 0 Å². The molecule has 0 aliphatic carbocycles. The van der Waals surface area contributed by atoms with E-state index in [4.69, 9.17) is 4.98 Å². The minimum Gasteiger partial charge on any atom is -0.353 e. The molecule has 2 fully saturated rings. The molecule has 30 heavy (non-hydrogen) atoms. The first-order chi connectivity index (χ1) is 14.8. The molecule has 0 bridgehead atoms. The number of amides is 1. The highest BCUT2D eigenvalue weighted by Crippen LogP contribution is 2.20. The molecule has 0 saturated carbocycles. The van der Waals surface area contributed by atoms with Gasteiger partial charge in [-0.1, -0.05) is 24.3 Å². The summed E-state index contributed by atoms with van der Waals surface area (Å²) in [4.78, 5) is 33.2. The Morgan fingerprint density at radius 1 is 0.767 bits per heavy atom. The Morgan fingerprint density at radius 2 is 1.57 bits per heavy atom. The fraction of sp³-hybridized carbons (Fsp3) is 0.391. The van der Waals surface area contributed by atoms with Crippen molar-refractivity contribution in [3.63, 3.8) is 0 Å². The summed E-state index contributed by atoms with van der Waals surface area (Å²) in [6.07, 6.45) is 5.55. The zero-order valence-electron chi connectivity index (χ0n) is 17.1. The van der Waals surface area contributed by atoms with Gasteiger partial charge in [-0.15, -0.1) is 0 Å². The lowest BCUT2D eigenvalue weighted by Crippen LogP contribution is -2.49. The molecule has 2 aliphatic rings. The van der Waals surface area contributed by atoms with E-state index in [2.05, 4.69) is 19.8 Å². The third kappa shape index (κ3) is 3.79. The van der Waals surface area contributed by atoms with Crippen molar-refractivity contribution in [1.29, 1.82) is 0 Å². The van der Waals surface area contributed by atoms with E-state index < -0.39 is 0 Å². The summed E-state index contributed by atoms with van der Waals surface area (Å²) in [7, 11) is 0. The number of aromatic nitrogens is 3. The number of piperazine rings is 1. The van der Waals surface area contributed by atoms with Crippen LogP contribution in [-0.4, -0.2) is 65.0 Å². The lowest BCUT2D eigenvalue weighted by atomic mass is 10.1. The van der Waals surface area contributed by atoms with Crippen LogP contribution in [0.3, 0.4) is 0 Å². The molecule has 7 heteroatoms. The van der Waals surface area contributed by atoms with Gasteiger partial charge in [-0.25, -0.2) is 9.97 Å². The second kappa shape index (κ2) is 8.26. The van der Waals surface area contributed by atoms with Gasteiger partial charge in [-0.3, -0.25) is 4.79 Å². The van der Waals surface area contributed by atoms with E-state index in [0.717, 1.165) is 48.8 Å². The largest absolute Gasteiger partial charge is 0.353 e. The molecule has 2 saturated heterocycles. The molecule has 0 N–H and O–H groups in total. The van der Waals surface area contributed by atoms with Gasteiger partial charge >= 0.3 is 0 Å². The summed E-state index contributed by atoms with van der Waals surface area (Å²) in [6, 6.07) is 13.6. The van der Waals surface area contributed by atoms with Crippen molar-refractivity contribution in [2.24, 2.45) is 0 Å². The molecule has 5 rings (SSSR count). The number of nitrogens with zero attached hydrogens (tertiary/aromatic N) is 6. The van der Waals surface area contributed by atoms with Crippen LogP contribution >= 0.6 is 0 Å². The molecule has 0 spiro atoms. The van der Waals surface area contributed by atoms with Crippen molar-refractivity contribution < 1.29 is 4.79 Å². The average molecular weight is 403 g/mol. The first kappa shape index (κ1) is 18.8. The Bertz CT molecular complexity index is 1040. The normalized spacial score (nSPS) is 17.4. The number of fused-ring (bicyclic) bond motifs is 1. The maximum atomic E-state index is 13.0. The van der Waals surface area contributed by atoms with Crippen molar-refractivity contribution in [3.8, 4) is 0 Å². The summed E-state index contributed by atoms with van der Waals surface area (Å²) >= 11 is 0. The van der Waals surface area contributed by atoms with Gasteiger partial charge in [0.15, 0.2) is 0 Å². The van der Waals surface area contributed by atoms with Crippen LogP contribution in [0.15, 0.2) is 48.7 Å². The molecule has 2 aliphatic heterocycles. The minimum absolute atomic E-state index is 0.00269. The minimum atomic E-state index is -0.00269. The smallest absolute Gasteiger partial charge is 0.272 e. The highest BCUT2D eigenvalue weighted by atomic mass is 16.2. The number of hydrogen-bond donors (Lipinski definition) is 0. The first-order valence-corrected chi connectivity index (χ1v) is 10.8. The molecular weight excluding hydrogens is 376 g/mol. The SMILES string of the molecule is O=C(c1ccc2ccccc2n1)N1CCN(c2ccnc(N3CCCCC3)n2)CC1. The zero-order valence-corrected chi connectivity index (χ0v) is 17.1. The van der Waals surface area contributed by atoms with Gasteiger partial charge in [0.2, 0.25) is 5.95 Å². The lowest BCUT2D eigenvalue weighted by Gasteiger charge is -2.35. The summed E-state index contributed by atoms with van der Waals surface area (Å²) in [5, 5.41) is 1.05. The number of anilines is 2. The third-order valence-electron chi connectivity index (χ3n) is 5.98. The fourth-order valence-corrected chi connectivity index (χ4v) is 4.25. The van der Waals surface area contributed by atoms with E-state index in [0.29, 0.717) is 18.8 Å². The van der Waals surface area contributed by atoms with E-state index in [1.54, 1.807) is 0 Å². The van der Waals surface area contributed by atoms with Crippen LogP contribution in [0.4, 0.5) is 11.8 Å². The molecule has 1 amide bonds. The molecule has 4 heterocycles. The van der Waals surface area contributed by atoms with Gasteiger partial charge in [0.1, 0.15) is 11.5 Å². The Morgan fingerprint density at radius 3 is 2.40 bits per heavy atom. The Balaban J connectivity index is 1.25. The molecule has 0 unspecified atom stereocenters. The molecule has 1 aromatic carbocycles. The fourth-order valence-electron chi connectivity index (χ4n) is 4.25. The van der Waals surface area contributed by atoms with Crippen LogP contribution < -0.4 is 9.80 Å². The molecule has 0 radical (unpaired) electrons. The second-order valence-electron chi connectivity index (χ2n) is 7.93. The van der Waals surface area contributed by atoms with Crippen LogP contribution in [0.2, 0.25) is 0 Å². The monoisotopic (exact) mass is 402 g/mol. The van der Waals surface area contributed by atoms with E-state index in [9.17, 15) is 4.79 Å². The molecule has 0 atom stereocenters. The van der Waals surface area contributed by atoms with Crippen molar-refractivity contribution >= 4 is 28.6 Å². The third-order valence-corrected chi connectivity index (χ3v) is 5.98. The van der Waals surface area contributed by atoms with Crippen molar-refractivity contribution in [2.45, 2.75) is 19.3 Å². The lowest BCUT2D eigenvalue weighted by molar-refractivity contribution is 0.0741. The second-order valence-corrected chi connectivity index (χ2v) is 7.93. The van der Waals surface area contributed by atoms with Gasteiger partial charge in [0, 0.05) is 50.9 Å². The number of piperidine rings is 1. The topological polar surface area (TPSA) is 65.5 Å². The maximum Gasteiger partial charge on any atom is 0.272 e. The number of pyridine rings is 1. The average Bonchev–Trinajstić information content (AvgIpc) is 2.84. The van der Waals surface area contributed by atoms with Crippen LogP contribution in [-0.2, 0) is 0 Å². The number of hydrogen-bond acceptors (Lipinski definition) is 6. The predicted octanol–water partition coefficient (Wildman–Crippen LogP) is 2.98. The highest BCUT2D eigenvalue weighted by Gasteiger charge is 2.24. The van der Waals surface area contributed by atoms with Gasteiger partial charge in [0.05, 0.1) is 5.52 Å². The Labute approximate surface area is 176 Å². The molecular formula is C23H26N6O. The number of rotatable bonds is 3. The summed E-state index contributed by atoms with van der Waals surface area (Å²) < 4.78 is 0. The Kier molecular flexibility index (Phi) is 5.17. The predicted molar refractivity (Wildman–Crippen MR) is 118 cm³/mol. The number of benzene rings is 1. The molecule has 3 aromatic rings. The van der Waals surface area contributed by atoms with Gasteiger partial charge in [-0.2, -0.15) is 4.98 Å². The van der Waals surface area contributed by atoms with E-state index in [-0.39, 0.29) is 5.91 Å². The summed E-state index contributed by atoms with van der Waals surface area (Å²) in [6.45, 7) is 4.91. The van der Waals surface area contributed by atoms with Gasteiger partial charge in [0.25, 0.3) is 5.91 Å². The number of carbonyl (C=O) groups is 1. The first-order valence-electron chi connectivity index (χ1n) is 10.8. The Hall–Kier alpha value is -3.22. The zero-order chi connectivity index (χ0) is 20.3.